The third-order valence-electron chi connectivity index (χ3n) is 2.65. The van der Waals surface area contributed by atoms with E-state index in [1.54, 1.807) is 0 Å². The summed E-state index contributed by atoms with van der Waals surface area (Å²) in [6.45, 7) is 0.820. The molecule has 1 N–H and O–H groups in total. The zero-order valence-electron chi connectivity index (χ0n) is 11.1. The lowest BCUT2D eigenvalue weighted by molar-refractivity contribution is -0.140. The third-order valence-corrected chi connectivity index (χ3v) is 2.65. The molecule has 0 heterocycles. The van der Waals surface area contributed by atoms with Gasteiger partial charge in [0.2, 0.25) is 0 Å². The molecule has 110 valence electrons. The molecular weight excluding hydrogens is 272 g/mol. The van der Waals surface area contributed by atoms with Crippen LogP contribution in [0.4, 0.5) is 14.5 Å². The molecule has 0 aromatic heterocycles. The number of carboxylic acids is 1. The summed E-state index contributed by atoms with van der Waals surface area (Å²) in [5, 5.41) is 8.88. The van der Waals surface area contributed by atoms with E-state index in [-0.39, 0.29) is 18.8 Å². The van der Waals surface area contributed by atoms with Gasteiger partial charge in [-0.3, -0.25) is 9.59 Å². The summed E-state index contributed by atoms with van der Waals surface area (Å²) in [5.41, 5.74) is -0.179. The quantitative estimate of drug-likeness (QED) is 0.864. The summed E-state index contributed by atoms with van der Waals surface area (Å²) in [5.74, 6) is -4.35. The second kappa shape index (κ2) is 6.95. The lowest BCUT2D eigenvalue weighted by Crippen LogP contribution is -2.39. The smallest absolute Gasteiger partial charge is 0.308 e. The highest BCUT2D eigenvalue weighted by Crippen LogP contribution is 2.21. The van der Waals surface area contributed by atoms with Crippen molar-refractivity contribution in [1.82, 2.24) is 0 Å². The Labute approximate surface area is 114 Å². The van der Waals surface area contributed by atoms with Gasteiger partial charge in [0, 0.05) is 19.7 Å². The lowest BCUT2D eigenvalue weighted by atomic mass is 10.1. The highest BCUT2D eigenvalue weighted by molar-refractivity contribution is 5.95. The van der Waals surface area contributed by atoms with E-state index in [0.717, 1.165) is 17.0 Å². The maximum absolute atomic E-state index is 13.7. The van der Waals surface area contributed by atoms with Crippen molar-refractivity contribution in [2.45, 2.75) is 6.92 Å². The van der Waals surface area contributed by atoms with Crippen LogP contribution in [-0.2, 0) is 14.3 Å². The highest BCUT2D eigenvalue weighted by Gasteiger charge is 2.24. The molecule has 1 rings (SSSR count). The van der Waals surface area contributed by atoms with E-state index in [0.29, 0.717) is 6.07 Å². The number of methoxy groups -OCH3 is 1. The van der Waals surface area contributed by atoms with Crippen molar-refractivity contribution in [1.29, 1.82) is 0 Å². The maximum Gasteiger partial charge on any atom is 0.308 e. The summed E-state index contributed by atoms with van der Waals surface area (Å²) >= 11 is 0. The number of carboxylic acid groups (broad SMARTS) is 1. The summed E-state index contributed by atoms with van der Waals surface area (Å²) < 4.78 is 31.3. The zero-order valence-corrected chi connectivity index (χ0v) is 11.1. The van der Waals surface area contributed by atoms with Crippen LogP contribution in [0.15, 0.2) is 18.2 Å². The van der Waals surface area contributed by atoms with Gasteiger partial charge in [-0.2, -0.15) is 0 Å². The average Bonchev–Trinajstić information content (AvgIpc) is 2.36. The first-order valence-electron chi connectivity index (χ1n) is 5.84. The maximum atomic E-state index is 13.7. The van der Waals surface area contributed by atoms with Crippen LogP contribution < -0.4 is 4.90 Å². The van der Waals surface area contributed by atoms with Gasteiger partial charge in [-0.15, -0.1) is 0 Å². The fourth-order valence-corrected chi connectivity index (χ4v) is 1.59. The number of hydrogen-bond donors (Lipinski definition) is 1. The van der Waals surface area contributed by atoms with Gasteiger partial charge in [0.05, 0.1) is 11.6 Å². The van der Waals surface area contributed by atoms with Crippen molar-refractivity contribution >= 4 is 17.6 Å². The van der Waals surface area contributed by atoms with E-state index in [2.05, 4.69) is 4.74 Å². The molecule has 0 aliphatic carbocycles. The van der Waals surface area contributed by atoms with Crippen LogP contribution in [0.1, 0.15) is 6.92 Å². The van der Waals surface area contributed by atoms with E-state index >= 15 is 0 Å². The molecule has 0 aliphatic heterocycles. The van der Waals surface area contributed by atoms with E-state index in [1.165, 1.54) is 14.0 Å². The number of anilines is 1. The number of aliphatic carboxylic acids is 1. The molecular formula is C13H15F2NO4. The van der Waals surface area contributed by atoms with Gasteiger partial charge in [0.15, 0.2) is 0 Å². The second-order valence-electron chi connectivity index (χ2n) is 4.27. The fraction of sp³-hybridized carbons (Fsp3) is 0.385. The highest BCUT2D eigenvalue weighted by atomic mass is 19.1. The molecule has 1 unspecified atom stereocenters. The Morgan fingerprint density at radius 2 is 2.05 bits per heavy atom. The summed E-state index contributed by atoms with van der Waals surface area (Å²) in [6.07, 6.45) is 0. The number of benzene rings is 1. The summed E-state index contributed by atoms with van der Waals surface area (Å²) in [4.78, 5) is 23.7. The number of carbonyl (C=O) groups is 2. The largest absolute Gasteiger partial charge is 0.481 e. The molecule has 0 bridgehead atoms. The molecule has 0 saturated heterocycles. The molecule has 7 heteroatoms. The molecule has 0 saturated carbocycles. The molecule has 20 heavy (non-hydrogen) atoms. The predicted molar refractivity (Wildman–Crippen MR) is 67.4 cm³/mol. The third kappa shape index (κ3) is 3.99. The Hall–Kier alpha value is -2.02. The number of nitrogens with zero attached hydrogens (tertiary/aromatic N) is 1. The van der Waals surface area contributed by atoms with Crippen molar-refractivity contribution in [3.63, 3.8) is 0 Å². The SMILES string of the molecule is COCC(=O)N(CC(C)C(=O)O)c1ccc(F)cc1F. The zero-order chi connectivity index (χ0) is 15.3. The first-order chi connectivity index (χ1) is 9.36. The molecule has 1 atom stereocenters. The lowest BCUT2D eigenvalue weighted by Gasteiger charge is -2.24. The van der Waals surface area contributed by atoms with E-state index in [4.69, 9.17) is 5.11 Å². The van der Waals surface area contributed by atoms with Crippen molar-refractivity contribution in [3.05, 3.63) is 29.8 Å². The average molecular weight is 287 g/mol. The minimum atomic E-state index is -1.12. The van der Waals surface area contributed by atoms with Gasteiger partial charge < -0.3 is 14.7 Å². The van der Waals surface area contributed by atoms with Crippen LogP contribution in [0, 0.1) is 17.6 Å². The summed E-state index contributed by atoms with van der Waals surface area (Å²) in [6, 6.07) is 2.72. The molecule has 0 aliphatic rings. The van der Waals surface area contributed by atoms with Gasteiger partial charge in [0.1, 0.15) is 18.2 Å². The van der Waals surface area contributed by atoms with E-state index < -0.39 is 29.4 Å². The Bertz CT molecular complexity index is 507. The first-order valence-corrected chi connectivity index (χ1v) is 5.84. The molecule has 0 fully saturated rings. The molecule has 0 radical (unpaired) electrons. The van der Waals surface area contributed by atoms with Crippen molar-refractivity contribution < 1.29 is 28.2 Å². The van der Waals surface area contributed by atoms with Crippen LogP contribution in [0.3, 0.4) is 0 Å². The van der Waals surface area contributed by atoms with Crippen LogP contribution in [0.5, 0.6) is 0 Å². The Balaban J connectivity index is 3.09. The Morgan fingerprint density at radius 3 is 2.55 bits per heavy atom. The molecule has 1 amide bonds. The van der Waals surface area contributed by atoms with E-state index in [1.807, 2.05) is 0 Å². The number of ether oxygens (including phenoxy) is 1. The first kappa shape index (κ1) is 16.0. The molecule has 1 aromatic rings. The number of amides is 1. The monoisotopic (exact) mass is 287 g/mol. The Kier molecular flexibility index (Phi) is 5.57. The van der Waals surface area contributed by atoms with Crippen molar-refractivity contribution in [2.24, 2.45) is 5.92 Å². The molecule has 0 spiro atoms. The second-order valence-corrected chi connectivity index (χ2v) is 4.27. The van der Waals surface area contributed by atoms with Gasteiger partial charge in [-0.05, 0) is 12.1 Å². The van der Waals surface area contributed by atoms with Gasteiger partial charge in [-0.1, -0.05) is 6.92 Å². The minimum absolute atomic E-state index is 0.179. The van der Waals surface area contributed by atoms with Crippen LogP contribution in [0.2, 0.25) is 0 Å². The Morgan fingerprint density at radius 1 is 1.40 bits per heavy atom. The fourth-order valence-electron chi connectivity index (χ4n) is 1.59. The molecule has 5 nitrogen and oxygen atoms in total. The van der Waals surface area contributed by atoms with Crippen LogP contribution in [0.25, 0.3) is 0 Å². The van der Waals surface area contributed by atoms with Gasteiger partial charge in [-0.25, -0.2) is 8.78 Å². The predicted octanol–water partition coefficient (Wildman–Crippen LogP) is 1.66. The van der Waals surface area contributed by atoms with Crippen molar-refractivity contribution in [3.8, 4) is 0 Å². The number of halogens is 2. The normalized spacial score (nSPS) is 12.0. The van der Waals surface area contributed by atoms with Crippen LogP contribution in [-0.4, -0.2) is 37.2 Å². The van der Waals surface area contributed by atoms with E-state index in [9.17, 15) is 18.4 Å². The van der Waals surface area contributed by atoms with Gasteiger partial charge in [0.25, 0.3) is 5.91 Å². The standard InChI is InChI=1S/C13H15F2NO4/c1-8(13(18)19)6-16(12(17)7-20-2)11-4-3-9(14)5-10(11)15/h3-5,8H,6-7H2,1-2H3,(H,18,19). The summed E-state index contributed by atoms with van der Waals surface area (Å²) in [7, 11) is 1.29. The van der Waals surface area contributed by atoms with Crippen molar-refractivity contribution in [2.75, 3.05) is 25.2 Å². The number of carbonyl (C=O) groups excluding carboxylic acids is 1. The topological polar surface area (TPSA) is 66.8 Å². The number of rotatable bonds is 6. The van der Waals surface area contributed by atoms with Gasteiger partial charge >= 0.3 is 5.97 Å². The van der Waals surface area contributed by atoms with Crippen LogP contribution >= 0.6 is 0 Å². The number of hydrogen-bond acceptors (Lipinski definition) is 3. The molecule has 1 aromatic carbocycles. The minimum Gasteiger partial charge on any atom is -0.481 e.